The molecule has 1 N–H and O–H groups in total. The Kier molecular flexibility index (Phi) is 4.21. The smallest absolute Gasteiger partial charge is 0.172 e. The Hall–Kier alpha value is -0.740. The Bertz CT molecular complexity index is 404. The zero-order valence-electron chi connectivity index (χ0n) is 9.60. The molecule has 0 saturated heterocycles. The highest BCUT2D eigenvalue weighted by molar-refractivity contribution is 9.10. The number of carbonyl (C=O) groups excluding carboxylic acids is 1. The van der Waals surface area contributed by atoms with Gasteiger partial charge >= 0.3 is 0 Å². The fraction of sp³-hybridized carbons (Fsp3) is 0.417. The maximum absolute atomic E-state index is 13.5. The second-order valence-electron chi connectivity index (χ2n) is 4.37. The number of Topliss-reactive ketones (excluding diaryl/α,β-unsaturated/α-hetero) is 1. The van der Waals surface area contributed by atoms with Crippen molar-refractivity contribution >= 4 is 21.7 Å². The van der Waals surface area contributed by atoms with Crippen LogP contribution in [0.2, 0.25) is 0 Å². The normalized spacial score (nSPS) is 11.6. The van der Waals surface area contributed by atoms with Gasteiger partial charge in [-0.25, -0.2) is 4.39 Å². The van der Waals surface area contributed by atoms with Gasteiger partial charge in [0.1, 0.15) is 5.82 Å². The first-order valence-electron chi connectivity index (χ1n) is 5.03. The third-order valence-corrected chi connectivity index (χ3v) is 2.90. The molecule has 0 fully saturated rings. The average molecular weight is 288 g/mol. The molecule has 1 aromatic carbocycles. The van der Waals surface area contributed by atoms with Crippen LogP contribution in [0.25, 0.3) is 0 Å². The zero-order valence-corrected chi connectivity index (χ0v) is 11.2. The van der Waals surface area contributed by atoms with Gasteiger partial charge in [-0.15, -0.1) is 0 Å². The topological polar surface area (TPSA) is 29.1 Å². The minimum Gasteiger partial charge on any atom is -0.319 e. The van der Waals surface area contributed by atoms with E-state index in [1.54, 1.807) is 27.0 Å². The number of carbonyl (C=O) groups is 1. The summed E-state index contributed by atoms with van der Waals surface area (Å²) in [5, 5.41) is 2.94. The van der Waals surface area contributed by atoms with Crippen molar-refractivity contribution in [1.82, 2.24) is 5.32 Å². The number of rotatable bonds is 4. The fourth-order valence-corrected chi connectivity index (χ4v) is 1.92. The molecule has 16 heavy (non-hydrogen) atoms. The van der Waals surface area contributed by atoms with Crippen molar-refractivity contribution in [2.75, 3.05) is 13.6 Å². The lowest BCUT2D eigenvalue weighted by atomic mass is 9.84. The SMILES string of the molecule is CNCC(C)(C)C(=O)c1cc(Br)ccc1F. The standard InChI is InChI=1S/C12H15BrFNO/c1-12(2,7-15-3)11(16)9-6-8(13)4-5-10(9)14/h4-6,15H,7H2,1-3H3. The van der Waals surface area contributed by atoms with Gasteiger partial charge in [-0.1, -0.05) is 29.8 Å². The summed E-state index contributed by atoms with van der Waals surface area (Å²) >= 11 is 3.24. The summed E-state index contributed by atoms with van der Waals surface area (Å²) in [6.45, 7) is 4.11. The van der Waals surface area contributed by atoms with Crippen molar-refractivity contribution in [2.45, 2.75) is 13.8 Å². The molecule has 0 bridgehead atoms. The highest BCUT2D eigenvalue weighted by Crippen LogP contribution is 2.25. The molecule has 1 rings (SSSR count). The van der Waals surface area contributed by atoms with E-state index in [9.17, 15) is 9.18 Å². The summed E-state index contributed by atoms with van der Waals surface area (Å²) in [7, 11) is 1.77. The zero-order chi connectivity index (χ0) is 12.3. The van der Waals surface area contributed by atoms with E-state index in [4.69, 9.17) is 0 Å². The van der Waals surface area contributed by atoms with Gasteiger partial charge in [0.25, 0.3) is 0 Å². The molecule has 0 radical (unpaired) electrons. The molecule has 0 amide bonds. The third kappa shape index (κ3) is 2.89. The summed E-state index contributed by atoms with van der Waals surface area (Å²) in [6, 6.07) is 4.40. The molecule has 0 aliphatic carbocycles. The van der Waals surface area contributed by atoms with Gasteiger partial charge in [-0.05, 0) is 25.2 Å². The van der Waals surface area contributed by atoms with Crippen molar-refractivity contribution in [1.29, 1.82) is 0 Å². The Morgan fingerprint density at radius 1 is 1.50 bits per heavy atom. The van der Waals surface area contributed by atoms with Gasteiger partial charge in [0.15, 0.2) is 5.78 Å². The molecule has 4 heteroatoms. The van der Waals surface area contributed by atoms with Crippen molar-refractivity contribution in [2.24, 2.45) is 5.41 Å². The van der Waals surface area contributed by atoms with E-state index < -0.39 is 11.2 Å². The van der Waals surface area contributed by atoms with Crippen molar-refractivity contribution < 1.29 is 9.18 Å². The highest BCUT2D eigenvalue weighted by Gasteiger charge is 2.29. The van der Waals surface area contributed by atoms with Gasteiger partial charge in [-0.3, -0.25) is 4.79 Å². The molecular weight excluding hydrogens is 273 g/mol. The van der Waals surface area contributed by atoms with Crippen molar-refractivity contribution in [3.05, 3.63) is 34.1 Å². The van der Waals surface area contributed by atoms with Crippen LogP contribution in [0.4, 0.5) is 4.39 Å². The largest absolute Gasteiger partial charge is 0.319 e. The summed E-state index contributed by atoms with van der Waals surface area (Å²) in [5.74, 6) is -0.668. The number of nitrogens with one attached hydrogen (secondary N) is 1. The maximum atomic E-state index is 13.5. The molecule has 2 nitrogen and oxygen atoms in total. The second kappa shape index (κ2) is 5.06. The maximum Gasteiger partial charge on any atom is 0.172 e. The molecule has 88 valence electrons. The number of hydrogen-bond donors (Lipinski definition) is 1. The summed E-state index contributed by atoms with van der Waals surface area (Å²) in [6.07, 6.45) is 0. The first kappa shape index (κ1) is 13.3. The van der Waals surface area contributed by atoms with Gasteiger partial charge in [-0.2, -0.15) is 0 Å². The number of ketones is 1. The summed E-state index contributed by atoms with van der Waals surface area (Å²) < 4.78 is 14.2. The van der Waals surface area contributed by atoms with Gasteiger partial charge in [0.2, 0.25) is 0 Å². The van der Waals surface area contributed by atoms with Crippen LogP contribution in [0.3, 0.4) is 0 Å². The van der Waals surface area contributed by atoms with Gasteiger partial charge < -0.3 is 5.32 Å². The Balaban J connectivity index is 3.09. The first-order chi connectivity index (χ1) is 7.38. The quantitative estimate of drug-likeness (QED) is 0.863. The highest BCUT2D eigenvalue weighted by atomic mass is 79.9. The summed E-state index contributed by atoms with van der Waals surface area (Å²) in [5.41, 5.74) is -0.481. The molecule has 0 unspecified atom stereocenters. The predicted octanol–water partition coefficient (Wildman–Crippen LogP) is 3.02. The van der Waals surface area contributed by atoms with Crippen molar-refractivity contribution in [3.8, 4) is 0 Å². The van der Waals surface area contributed by atoms with Crippen LogP contribution < -0.4 is 5.32 Å². The molecular formula is C12H15BrFNO. The van der Waals surface area contributed by atoms with Crippen LogP contribution in [0, 0.1) is 11.2 Å². The molecule has 1 aromatic rings. The van der Waals surface area contributed by atoms with E-state index in [1.165, 1.54) is 12.1 Å². The number of halogens is 2. The average Bonchev–Trinajstić information content (AvgIpc) is 2.20. The minimum absolute atomic E-state index is 0.134. The van der Waals surface area contributed by atoms with E-state index in [1.807, 2.05) is 0 Å². The Labute approximate surface area is 103 Å². The molecule has 0 atom stereocenters. The molecule has 0 aliphatic heterocycles. The van der Waals surface area contributed by atoms with Crippen LogP contribution in [0.1, 0.15) is 24.2 Å². The molecule has 0 aromatic heterocycles. The van der Waals surface area contributed by atoms with Crippen LogP contribution in [-0.4, -0.2) is 19.4 Å². The number of benzene rings is 1. The third-order valence-electron chi connectivity index (χ3n) is 2.41. The van der Waals surface area contributed by atoms with Gasteiger partial charge in [0.05, 0.1) is 5.56 Å². The molecule has 0 spiro atoms. The van der Waals surface area contributed by atoms with E-state index in [2.05, 4.69) is 21.2 Å². The molecule has 0 saturated carbocycles. The lowest BCUT2D eigenvalue weighted by Crippen LogP contribution is -2.35. The number of hydrogen-bond acceptors (Lipinski definition) is 2. The van der Waals surface area contributed by atoms with Crippen LogP contribution in [0.15, 0.2) is 22.7 Å². The van der Waals surface area contributed by atoms with Gasteiger partial charge in [0, 0.05) is 16.4 Å². The summed E-state index contributed by atoms with van der Waals surface area (Å²) in [4.78, 5) is 12.1. The lowest BCUT2D eigenvalue weighted by Gasteiger charge is -2.22. The lowest BCUT2D eigenvalue weighted by molar-refractivity contribution is 0.0834. The van der Waals surface area contributed by atoms with E-state index in [0.717, 1.165) is 0 Å². The van der Waals surface area contributed by atoms with Crippen LogP contribution in [-0.2, 0) is 0 Å². The Morgan fingerprint density at radius 2 is 2.12 bits per heavy atom. The monoisotopic (exact) mass is 287 g/mol. The minimum atomic E-state index is -0.615. The second-order valence-corrected chi connectivity index (χ2v) is 5.28. The van der Waals surface area contributed by atoms with E-state index in [0.29, 0.717) is 11.0 Å². The molecule has 0 heterocycles. The van der Waals surface area contributed by atoms with E-state index >= 15 is 0 Å². The Morgan fingerprint density at radius 3 is 2.69 bits per heavy atom. The molecule has 0 aliphatic rings. The fourth-order valence-electron chi connectivity index (χ4n) is 1.56. The van der Waals surface area contributed by atoms with Crippen LogP contribution in [0.5, 0.6) is 0 Å². The predicted molar refractivity (Wildman–Crippen MR) is 66.1 cm³/mol. The van der Waals surface area contributed by atoms with E-state index in [-0.39, 0.29) is 11.3 Å². The van der Waals surface area contributed by atoms with Crippen molar-refractivity contribution in [3.63, 3.8) is 0 Å². The van der Waals surface area contributed by atoms with Crippen LogP contribution >= 0.6 is 15.9 Å². The first-order valence-corrected chi connectivity index (χ1v) is 5.82.